The molecule has 0 amide bonds. The van der Waals surface area contributed by atoms with Gasteiger partial charge in [-0.3, -0.25) is 4.79 Å². The Bertz CT molecular complexity index is 1260. The van der Waals surface area contributed by atoms with E-state index in [1.54, 1.807) is 24.3 Å². The fourth-order valence-corrected chi connectivity index (χ4v) is 3.84. The van der Waals surface area contributed by atoms with Crippen molar-refractivity contribution < 1.29 is 4.79 Å². The number of nitriles is 1. The fraction of sp³-hybridized carbons (Fsp3) is 0.273. The average molecular weight is 430 g/mol. The molecule has 1 saturated heterocycles. The number of aromatic nitrogens is 4. The summed E-state index contributed by atoms with van der Waals surface area (Å²) in [6.45, 7) is 1.36. The second kappa shape index (κ2) is 8.95. The van der Waals surface area contributed by atoms with Crippen LogP contribution in [0.4, 0.5) is 11.5 Å². The van der Waals surface area contributed by atoms with Gasteiger partial charge in [0.15, 0.2) is 11.6 Å². The molecule has 1 unspecified atom stereocenters. The molecule has 0 radical (unpaired) electrons. The zero-order valence-electron chi connectivity index (χ0n) is 17.3. The van der Waals surface area contributed by atoms with E-state index in [0.717, 1.165) is 19.4 Å². The van der Waals surface area contributed by atoms with E-state index in [4.69, 9.17) is 11.5 Å². The first-order chi connectivity index (χ1) is 15.5. The summed E-state index contributed by atoms with van der Waals surface area (Å²) in [5.74, 6) is -0.429. The van der Waals surface area contributed by atoms with Gasteiger partial charge in [-0.25, -0.2) is 14.8 Å². The molecule has 1 aliphatic rings. The highest BCUT2D eigenvalue weighted by Crippen LogP contribution is 2.25. The molecule has 5 N–H and O–H groups in total. The highest BCUT2D eigenvalue weighted by Gasteiger charge is 2.23. The normalized spacial score (nSPS) is 15.9. The van der Waals surface area contributed by atoms with Gasteiger partial charge in [0.05, 0.1) is 47.5 Å². The Morgan fingerprint density at radius 1 is 1.28 bits per heavy atom. The molecule has 0 bridgehead atoms. The van der Waals surface area contributed by atoms with Crippen LogP contribution in [0.25, 0.3) is 11.3 Å². The predicted molar refractivity (Wildman–Crippen MR) is 119 cm³/mol. The molecule has 4 rings (SSSR count). The van der Waals surface area contributed by atoms with Crippen molar-refractivity contribution in [1.29, 1.82) is 5.26 Å². The van der Waals surface area contributed by atoms with Gasteiger partial charge < -0.3 is 21.4 Å². The maximum atomic E-state index is 13.2. The molecule has 32 heavy (non-hydrogen) atoms. The van der Waals surface area contributed by atoms with Crippen LogP contribution in [0.5, 0.6) is 0 Å². The van der Waals surface area contributed by atoms with Gasteiger partial charge in [0.1, 0.15) is 5.69 Å². The molecule has 1 atom stereocenters. The summed E-state index contributed by atoms with van der Waals surface area (Å²) in [4.78, 5) is 42.0. The lowest BCUT2D eigenvalue weighted by Crippen LogP contribution is -2.43. The third-order valence-electron chi connectivity index (χ3n) is 5.40. The summed E-state index contributed by atoms with van der Waals surface area (Å²) in [7, 11) is 0. The molecular weight excluding hydrogens is 408 g/mol. The number of benzene rings is 1. The van der Waals surface area contributed by atoms with Gasteiger partial charge in [-0.15, -0.1) is 0 Å². The first-order valence-corrected chi connectivity index (χ1v) is 10.2. The largest absolute Gasteiger partial charge is 0.382 e. The first kappa shape index (κ1) is 21.1. The lowest BCUT2D eigenvalue weighted by atomic mass is 10.0. The number of piperidine rings is 1. The Balaban J connectivity index is 1.67. The van der Waals surface area contributed by atoms with Gasteiger partial charge in [-0.1, -0.05) is 18.2 Å². The van der Waals surface area contributed by atoms with Crippen molar-refractivity contribution in [1.82, 2.24) is 19.9 Å². The maximum Gasteiger partial charge on any atom is 0.345 e. The quantitative estimate of drug-likeness (QED) is 0.501. The minimum absolute atomic E-state index is 0.0117. The summed E-state index contributed by atoms with van der Waals surface area (Å²) < 4.78 is 0. The molecular formula is C22H22N8O2. The number of nitrogens with zero attached hydrogens (tertiary/aromatic N) is 5. The SMILES string of the molecule is N#Cc1ccccc1-c1cnc(N)c(C(=O)Cc2[nH]c(=O)ncc2N2CCCC(N)C2)n1. The molecule has 0 saturated carbocycles. The zero-order valence-corrected chi connectivity index (χ0v) is 17.3. The second-order valence-corrected chi connectivity index (χ2v) is 7.65. The number of nitrogens with two attached hydrogens (primary N) is 2. The summed E-state index contributed by atoms with van der Waals surface area (Å²) in [5.41, 5.74) is 13.9. The number of ketones is 1. The number of hydrogen-bond acceptors (Lipinski definition) is 9. The Labute approximate surface area is 183 Å². The topological polar surface area (TPSA) is 168 Å². The number of Topliss-reactive ketones (excluding diaryl/α,β-unsaturated/α-hetero) is 1. The molecule has 1 aromatic carbocycles. The van der Waals surface area contributed by atoms with Crippen LogP contribution in [0.3, 0.4) is 0 Å². The summed E-state index contributed by atoms with van der Waals surface area (Å²) >= 11 is 0. The van der Waals surface area contributed by atoms with Crippen molar-refractivity contribution in [2.24, 2.45) is 5.73 Å². The highest BCUT2D eigenvalue weighted by atomic mass is 16.1. The van der Waals surface area contributed by atoms with Gasteiger partial charge >= 0.3 is 5.69 Å². The molecule has 1 aliphatic heterocycles. The summed E-state index contributed by atoms with van der Waals surface area (Å²) in [6, 6.07) is 9.02. The van der Waals surface area contributed by atoms with Crippen molar-refractivity contribution in [3.8, 4) is 17.3 Å². The van der Waals surface area contributed by atoms with E-state index in [9.17, 15) is 14.9 Å². The van der Waals surface area contributed by atoms with E-state index in [0.29, 0.717) is 34.7 Å². The third-order valence-corrected chi connectivity index (χ3v) is 5.40. The molecule has 1 fully saturated rings. The van der Waals surface area contributed by atoms with Crippen LogP contribution in [-0.2, 0) is 6.42 Å². The minimum atomic E-state index is -0.548. The molecule has 2 aromatic heterocycles. The van der Waals surface area contributed by atoms with E-state index in [2.05, 4.69) is 26.0 Å². The van der Waals surface area contributed by atoms with Crippen molar-refractivity contribution in [2.45, 2.75) is 25.3 Å². The Kier molecular flexibility index (Phi) is 5.91. The number of nitrogens with one attached hydrogen (secondary N) is 1. The second-order valence-electron chi connectivity index (χ2n) is 7.65. The van der Waals surface area contributed by atoms with Crippen LogP contribution in [0, 0.1) is 11.3 Å². The molecule has 10 nitrogen and oxygen atoms in total. The molecule has 162 valence electrons. The smallest absolute Gasteiger partial charge is 0.345 e. The van der Waals surface area contributed by atoms with Crippen molar-refractivity contribution in [2.75, 3.05) is 23.7 Å². The number of aromatic amines is 1. The number of H-pyrrole nitrogens is 1. The van der Waals surface area contributed by atoms with E-state index < -0.39 is 11.5 Å². The van der Waals surface area contributed by atoms with Crippen molar-refractivity contribution >= 4 is 17.3 Å². The standard InChI is InChI=1S/C22H22N8O2/c23-9-13-4-1-2-6-15(13)17-10-26-21(25)20(28-17)19(31)8-16-18(11-27-22(32)29-16)30-7-3-5-14(24)12-30/h1-2,4,6,10-11,14H,3,5,7-8,12,24H2,(H2,25,26)(H,27,29,32). The van der Waals surface area contributed by atoms with E-state index >= 15 is 0 Å². The Hall–Kier alpha value is -4.10. The van der Waals surface area contributed by atoms with E-state index in [1.165, 1.54) is 12.4 Å². The Morgan fingerprint density at radius 3 is 2.88 bits per heavy atom. The number of anilines is 2. The van der Waals surface area contributed by atoms with Gasteiger partial charge in [0.25, 0.3) is 0 Å². The number of hydrogen-bond donors (Lipinski definition) is 3. The number of carbonyl (C=O) groups excluding carboxylic acids is 1. The molecule has 3 heterocycles. The van der Waals surface area contributed by atoms with Crippen LogP contribution in [0.2, 0.25) is 0 Å². The maximum absolute atomic E-state index is 13.2. The molecule has 3 aromatic rings. The van der Waals surface area contributed by atoms with Crippen LogP contribution >= 0.6 is 0 Å². The van der Waals surface area contributed by atoms with E-state index in [1.807, 2.05) is 4.90 Å². The molecule has 0 aliphatic carbocycles. The summed E-state index contributed by atoms with van der Waals surface area (Å²) in [5, 5.41) is 9.36. The lowest BCUT2D eigenvalue weighted by Gasteiger charge is -2.33. The zero-order chi connectivity index (χ0) is 22.7. The van der Waals surface area contributed by atoms with Crippen LogP contribution in [0.1, 0.15) is 34.6 Å². The van der Waals surface area contributed by atoms with Crippen molar-refractivity contribution in [3.05, 3.63) is 64.1 Å². The first-order valence-electron chi connectivity index (χ1n) is 10.2. The van der Waals surface area contributed by atoms with Gasteiger partial charge in [-0.05, 0) is 18.9 Å². The number of carbonyl (C=O) groups is 1. The van der Waals surface area contributed by atoms with Gasteiger partial charge in [-0.2, -0.15) is 10.2 Å². The molecule has 10 heteroatoms. The van der Waals surface area contributed by atoms with Crippen molar-refractivity contribution in [3.63, 3.8) is 0 Å². The van der Waals surface area contributed by atoms with Gasteiger partial charge in [0.2, 0.25) is 0 Å². The number of rotatable bonds is 5. The van der Waals surface area contributed by atoms with Crippen LogP contribution < -0.4 is 22.1 Å². The summed E-state index contributed by atoms with van der Waals surface area (Å²) in [6.07, 6.45) is 4.59. The highest BCUT2D eigenvalue weighted by molar-refractivity contribution is 6.00. The fourth-order valence-electron chi connectivity index (χ4n) is 3.84. The van der Waals surface area contributed by atoms with Crippen LogP contribution in [0.15, 0.2) is 41.5 Å². The number of nitrogen functional groups attached to an aromatic ring is 1. The molecule has 0 spiro atoms. The third kappa shape index (κ3) is 4.33. The predicted octanol–water partition coefficient (Wildman–Crippen LogP) is 1.03. The Morgan fingerprint density at radius 2 is 2.09 bits per heavy atom. The van der Waals surface area contributed by atoms with E-state index in [-0.39, 0.29) is 24.0 Å². The van der Waals surface area contributed by atoms with Crippen LogP contribution in [-0.4, -0.2) is 44.9 Å². The van der Waals surface area contributed by atoms with Gasteiger partial charge in [0, 0.05) is 24.7 Å². The monoisotopic (exact) mass is 430 g/mol. The lowest BCUT2D eigenvalue weighted by molar-refractivity contribution is 0.0988. The minimum Gasteiger partial charge on any atom is -0.382 e. The average Bonchev–Trinajstić information content (AvgIpc) is 2.79.